The Balaban J connectivity index is 1.84. The van der Waals surface area contributed by atoms with E-state index >= 15 is 0 Å². The average Bonchev–Trinajstić information content (AvgIpc) is 2.67. The van der Waals surface area contributed by atoms with Gasteiger partial charge in [-0.3, -0.25) is 9.69 Å². The second kappa shape index (κ2) is 10.6. The molecule has 0 bridgehead atoms. The van der Waals surface area contributed by atoms with E-state index in [9.17, 15) is 10.1 Å². The SMILES string of the molecule is CCc1cccc(C)c1NC(=O)/C(C#N)=C\NCCCN1CCOCC1. The molecule has 1 aliphatic heterocycles. The first-order valence-electron chi connectivity index (χ1n) is 9.19. The second-order valence-electron chi connectivity index (χ2n) is 6.35. The van der Waals surface area contributed by atoms with Gasteiger partial charge in [-0.15, -0.1) is 0 Å². The standard InChI is InChI=1S/C20H28N4O2/c1-3-17-7-4-6-16(2)19(17)23-20(25)18(14-21)15-22-8-5-9-24-10-12-26-13-11-24/h4,6-7,15,22H,3,5,8-13H2,1-2H3,(H,23,25)/b18-15-. The third kappa shape index (κ3) is 5.87. The van der Waals surface area contributed by atoms with Crippen molar-refractivity contribution in [1.29, 1.82) is 5.26 Å². The summed E-state index contributed by atoms with van der Waals surface area (Å²) in [6.07, 6.45) is 3.29. The van der Waals surface area contributed by atoms with Crippen LogP contribution in [0.3, 0.4) is 0 Å². The number of hydrogen-bond acceptors (Lipinski definition) is 5. The molecule has 0 spiro atoms. The van der Waals surface area contributed by atoms with Crippen molar-refractivity contribution in [3.63, 3.8) is 0 Å². The molecule has 1 fully saturated rings. The van der Waals surface area contributed by atoms with Gasteiger partial charge in [-0.2, -0.15) is 5.26 Å². The lowest BCUT2D eigenvalue weighted by atomic mass is 10.1. The van der Waals surface area contributed by atoms with Crippen molar-refractivity contribution in [2.75, 3.05) is 44.7 Å². The lowest BCUT2D eigenvalue weighted by molar-refractivity contribution is -0.112. The molecule has 1 aromatic rings. The number of nitrogens with zero attached hydrogens (tertiary/aromatic N) is 2. The minimum atomic E-state index is -0.378. The summed E-state index contributed by atoms with van der Waals surface area (Å²) < 4.78 is 5.33. The Morgan fingerprint density at radius 2 is 2.15 bits per heavy atom. The minimum Gasteiger partial charge on any atom is -0.390 e. The zero-order valence-corrected chi connectivity index (χ0v) is 15.7. The molecule has 1 aliphatic rings. The van der Waals surface area contributed by atoms with Gasteiger partial charge in [0.2, 0.25) is 0 Å². The van der Waals surface area contributed by atoms with Crippen molar-refractivity contribution in [2.24, 2.45) is 0 Å². The summed E-state index contributed by atoms with van der Waals surface area (Å²) in [7, 11) is 0. The van der Waals surface area contributed by atoms with Crippen LogP contribution in [0.15, 0.2) is 30.0 Å². The molecule has 2 rings (SSSR count). The molecule has 0 aliphatic carbocycles. The van der Waals surface area contributed by atoms with Gasteiger partial charge in [-0.25, -0.2) is 0 Å². The fourth-order valence-corrected chi connectivity index (χ4v) is 2.94. The van der Waals surface area contributed by atoms with E-state index < -0.39 is 0 Å². The molecule has 0 unspecified atom stereocenters. The predicted molar refractivity (Wildman–Crippen MR) is 103 cm³/mol. The number of aryl methyl sites for hydroxylation is 2. The van der Waals surface area contributed by atoms with Crippen molar-refractivity contribution in [1.82, 2.24) is 10.2 Å². The first kappa shape index (κ1) is 20.0. The molecule has 1 amide bonds. The Morgan fingerprint density at radius 3 is 2.85 bits per heavy atom. The average molecular weight is 356 g/mol. The number of nitriles is 1. The molecule has 0 atom stereocenters. The number of morpholine rings is 1. The van der Waals surface area contributed by atoms with Gasteiger partial charge in [0.25, 0.3) is 5.91 Å². The van der Waals surface area contributed by atoms with Gasteiger partial charge in [0.1, 0.15) is 11.6 Å². The van der Waals surface area contributed by atoms with E-state index in [0.717, 1.165) is 69.0 Å². The number of amides is 1. The molecular weight excluding hydrogens is 328 g/mol. The van der Waals surface area contributed by atoms with E-state index in [1.54, 1.807) is 0 Å². The number of carbonyl (C=O) groups is 1. The maximum atomic E-state index is 12.4. The van der Waals surface area contributed by atoms with Crippen molar-refractivity contribution >= 4 is 11.6 Å². The van der Waals surface area contributed by atoms with Gasteiger partial charge in [-0.1, -0.05) is 25.1 Å². The second-order valence-corrected chi connectivity index (χ2v) is 6.35. The number of rotatable bonds is 8. The van der Waals surface area contributed by atoms with Crippen LogP contribution < -0.4 is 10.6 Å². The van der Waals surface area contributed by atoms with Crippen molar-refractivity contribution in [2.45, 2.75) is 26.7 Å². The van der Waals surface area contributed by atoms with Crippen LogP contribution in [0.5, 0.6) is 0 Å². The third-order valence-electron chi connectivity index (χ3n) is 4.49. The monoisotopic (exact) mass is 356 g/mol. The number of nitrogens with one attached hydrogen (secondary N) is 2. The first-order valence-corrected chi connectivity index (χ1v) is 9.19. The van der Waals surface area contributed by atoms with E-state index in [-0.39, 0.29) is 11.5 Å². The highest BCUT2D eigenvalue weighted by molar-refractivity contribution is 6.07. The van der Waals surface area contributed by atoms with Crippen molar-refractivity contribution in [3.05, 3.63) is 41.1 Å². The van der Waals surface area contributed by atoms with Crippen LogP contribution >= 0.6 is 0 Å². The maximum Gasteiger partial charge on any atom is 0.267 e. The van der Waals surface area contributed by atoms with E-state index in [2.05, 4.69) is 15.5 Å². The van der Waals surface area contributed by atoms with Crippen LogP contribution in [0.1, 0.15) is 24.5 Å². The van der Waals surface area contributed by atoms with E-state index in [1.165, 1.54) is 6.20 Å². The third-order valence-corrected chi connectivity index (χ3v) is 4.49. The van der Waals surface area contributed by atoms with Gasteiger partial charge in [-0.05, 0) is 37.4 Å². The van der Waals surface area contributed by atoms with Gasteiger partial charge in [0.05, 0.1) is 13.2 Å². The van der Waals surface area contributed by atoms with E-state index in [1.807, 2.05) is 38.1 Å². The summed E-state index contributed by atoms with van der Waals surface area (Å²) in [4.78, 5) is 14.8. The Kier molecular flexibility index (Phi) is 8.13. The summed E-state index contributed by atoms with van der Waals surface area (Å²) in [5.74, 6) is -0.378. The molecule has 1 aromatic carbocycles. The molecule has 0 radical (unpaired) electrons. The summed E-state index contributed by atoms with van der Waals surface area (Å²) in [5.41, 5.74) is 2.94. The highest BCUT2D eigenvalue weighted by atomic mass is 16.5. The highest BCUT2D eigenvalue weighted by Crippen LogP contribution is 2.21. The number of anilines is 1. The van der Waals surface area contributed by atoms with Crippen molar-refractivity contribution in [3.8, 4) is 6.07 Å². The molecule has 6 nitrogen and oxygen atoms in total. The Labute approximate surface area is 155 Å². The Hall–Kier alpha value is -2.36. The molecule has 1 saturated heterocycles. The fraction of sp³-hybridized carbons (Fsp3) is 0.500. The lowest BCUT2D eigenvalue weighted by Crippen LogP contribution is -2.37. The minimum absolute atomic E-state index is 0.0849. The van der Waals surface area contributed by atoms with Crippen LogP contribution in [-0.4, -0.2) is 50.2 Å². The van der Waals surface area contributed by atoms with Crippen LogP contribution in [0.4, 0.5) is 5.69 Å². The number of para-hydroxylation sites is 1. The molecule has 1 heterocycles. The molecule has 6 heteroatoms. The van der Waals surface area contributed by atoms with Gasteiger partial charge in [0.15, 0.2) is 0 Å². The first-order chi connectivity index (χ1) is 12.7. The van der Waals surface area contributed by atoms with Gasteiger partial charge in [0, 0.05) is 31.5 Å². The van der Waals surface area contributed by atoms with Crippen LogP contribution in [0, 0.1) is 18.3 Å². The fourth-order valence-electron chi connectivity index (χ4n) is 2.94. The number of carbonyl (C=O) groups excluding carboxylic acids is 1. The number of benzene rings is 1. The zero-order valence-electron chi connectivity index (χ0n) is 15.7. The molecule has 0 aromatic heterocycles. The zero-order chi connectivity index (χ0) is 18.8. The Bertz CT molecular complexity index is 673. The highest BCUT2D eigenvalue weighted by Gasteiger charge is 2.13. The molecule has 140 valence electrons. The van der Waals surface area contributed by atoms with Crippen LogP contribution in [0.25, 0.3) is 0 Å². The largest absolute Gasteiger partial charge is 0.390 e. The molecule has 2 N–H and O–H groups in total. The predicted octanol–water partition coefficient (Wildman–Crippen LogP) is 2.22. The molecule has 26 heavy (non-hydrogen) atoms. The summed E-state index contributed by atoms with van der Waals surface area (Å²) in [6.45, 7) is 9.24. The maximum absolute atomic E-state index is 12.4. The van der Waals surface area contributed by atoms with E-state index in [4.69, 9.17) is 4.74 Å². The molecule has 0 saturated carbocycles. The lowest BCUT2D eigenvalue weighted by Gasteiger charge is -2.26. The normalized spacial score (nSPS) is 15.3. The number of hydrogen-bond donors (Lipinski definition) is 2. The summed E-state index contributed by atoms with van der Waals surface area (Å²) in [6, 6.07) is 7.89. The van der Waals surface area contributed by atoms with Crippen LogP contribution in [-0.2, 0) is 16.0 Å². The number of ether oxygens (including phenoxy) is 1. The summed E-state index contributed by atoms with van der Waals surface area (Å²) in [5, 5.41) is 15.3. The van der Waals surface area contributed by atoms with Crippen molar-refractivity contribution < 1.29 is 9.53 Å². The van der Waals surface area contributed by atoms with Gasteiger partial charge < -0.3 is 15.4 Å². The molecular formula is C20H28N4O2. The van der Waals surface area contributed by atoms with Crippen LogP contribution in [0.2, 0.25) is 0 Å². The Morgan fingerprint density at radius 1 is 1.38 bits per heavy atom. The van der Waals surface area contributed by atoms with Gasteiger partial charge >= 0.3 is 0 Å². The topological polar surface area (TPSA) is 77.4 Å². The quantitative estimate of drug-likeness (QED) is 0.424. The smallest absolute Gasteiger partial charge is 0.267 e. The summed E-state index contributed by atoms with van der Waals surface area (Å²) >= 11 is 0. The van der Waals surface area contributed by atoms with E-state index in [0.29, 0.717) is 0 Å².